The highest BCUT2D eigenvalue weighted by molar-refractivity contribution is 9.10. The molecule has 1 aromatic carbocycles. The molecule has 5 heteroatoms. The summed E-state index contributed by atoms with van der Waals surface area (Å²) in [5.74, 6) is 0.845. The lowest BCUT2D eigenvalue weighted by atomic mass is 10.1. The van der Waals surface area contributed by atoms with Crippen LogP contribution in [-0.2, 0) is 11.3 Å². The fourth-order valence-electron chi connectivity index (χ4n) is 1.87. The molecule has 4 nitrogen and oxygen atoms in total. The molecule has 0 saturated heterocycles. The molecule has 0 bridgehead atoms. The van der Waals surface area contributed by atoms with Crippen LogP contribution in [0.4, 0.5) is 0 Å². The Balaban J connectivity index is 2.82. The second-order valence-electron chi connectivity index (χ2n) is 6.09. The molecule has 0 spiro atoms. The van der Waals surface area contributed by atoms with E-state index < -0.39 is 0 Å². The highest BCUT2D eigenvalue weighted by Crippen LogP contribution is 2.28. The Morgan fingerprint density at radius 1 is 1.33 bits per heavy atom. The van der Waals surface area contributed by atoms with E-state index in [-0.39, 0.29) is 11.4 Å². The van der Waals surface area contributed by atoms with Gasteiger partial charge in [-0.3, -0.25) is 4.79 Å². The van der Waals surface area contributed by atoms with E-state index in [1.807, 2.05) is 13.0 Å². The number of carbonyl (C=O) groups excluding carboxylic acids is 1. The Morgan fingerprint density at radius 3 is 2.57 bits per heavy atom. The number of carbonyl (C=O) groups is 1. The molecular weight excluding hydrogens is 332 g/mol. The lowest BCUT2D eigenvalue weighted by molar-refractivity contribution is -0.121. The van der Waals surface area contributed by atoms with Gasteiger partial charge in [-0.2, -0.15) is 0 Å². The summed E-state index contributed by atoms with van der Waals surface area (Å²) < 4.78 is 6.87. The minimum atomic E-state index is -0.0147. The normalized spacial score (nSPS) is 11.3. The van der Waals surface area contributed by atoms with Gasteiger partial charge in [0.25, 0.3) is 0 Å². The van der Waals surface area contributed by atoms with Gasteiger partial charge in [0.15, 0.2) is 0 Å². The van der Waals surface area contributed by atoms with E-state index in [1.54, 1.807) is 7.05 Å². The van der Waals surface area contributed by atoms with Gasteiger partial charge in [0.05, 0.1) is 13.0 Å². The van der Waals surface area contributed by atoms with Gasteiger partial charge in [-0.1, -0.05) is 15.9 Å². The summed E-state index contributed by atoms with van der Waals surface area (Å²) in [6.45, 7) is 9.50. The molecule has 0 heterocycles. The van der Waals surface area contributed by atoms with Crippen molar-refractivity contribution in [1.29, 1.82) is 0 Å². The van der Waals surface area contributed by atoms with Gasteiger partial charge in [-0.25, -0.2) is 0 Å². The highest BCUT2D eigenvalue weighted by atomic mass is 79.9. The Labute approximate surface area is 135 Å². The summed E-state index contributed by atoms with van der Waals surface area (Å²) in [5.41, 5.74) is 2.19. The zero-order chi connectivity index (χ0) is 16.0. The molecule has 0 unspecified atom stereocenters. The molecule has 1 amide bonds. The maximum atomic E-state index is 11.3. The SMILES string of the molecule is CNC(=O)CCOc1c(C)cc(Br)cc1CNC(C)(C)C. The number of benzene rings is 1. The number of hydrogen-bond acceptors (Lipinski definition) is 3. The summed E-state index contributed by atoms with van der Waals surface area (Å²) in [4.78, 5) is 11.3. The van der Waals surface area contributed by atoms with Crippen molar-refractivity contribution in [2.45, 2.75) is 46.2 Å². The van der Waals surface area contributed by atoms with Crippen molar-refractivity contribution in [1.82, 2.24) is 10.6 Å². The summed E-state index contributed by atoms with van der Waals surface area (Å²) in [6, 6.07) is 4.08. The predicted octanol–water partition coefficient (Wildman–Crippen LogP) is 3.16. The number of aryl methyl sites for hydroxylation is 1. The van der Waals surface area contributed by atoms with Crippen molar-refractivity contribution >= 4 is 21.8 Å². The van der Waals surface area contributed by atoms with Gasteiger partial charge < -0.3 is 15.4 Å². The molecular formula is C16H25BrN2O2. The minimum Gasteiger partial charge on any atom is -0.492 e. The first kappa shape index (κ1) is 18.0. The van der Waals surface area contributed by atoms with E-state index in [9.17, 15) is 4.79 Å². The van der Waals surface area contributed by atoms with Crippen molar-refractivity contribution in [3.05, 3.63) is 27.7 Å². The zero-order valence-electron chi connectivity index (χ0n) is 13.5. The van der Waals surface area contributed by atoms with Crippen LogP contribution in [-0.4, -0.2) is 25.1 Å². The topological polar surface area (TPSA) is 50.4 Å². The molecule has 0 aliphatic rings. The van der Waals surface area contributed by atoms with E-state index in [2.05, 4.69) is 53.4 Å². The molecule has 0 aromatic heterocycles. The van der Waals surface area contributed by atoms with Gasteiger partial charge in [0, 0.05) is 29.2 Å². The molecule has 0 aliphatic heterocycles. The third kappa shape index (κ3) is 6.48. The van der Waals surface area contributed by atoms with Crippen LogP contribution in [0.15, 0.2) is 16.6 Å². The van der Waals surface area contributed by atoms with Crippen LogP contribution in [0.25, 0.3) is 0 Å². The average molecular weight is 357 g/mol. The van der Waals surface area contributed by atoms with E-state index in [0.717, 1.165) is 27.9 Å². The number of halogens is 1. The number of ether oxygens (including phenoxy) is 1. The van der Waals surface area contributed by atoms with E-state index in [0.29, 0.717) is 13.0 Å². The van der Waals surface area contributed by atoms with E-state index in [1.165, 1.54) is 0 Å². The first-order valence-corrected chi connectivity index (χ1v) is 7.89. The molecule has 0 aliphatic carbocycles. The van der Waals surface area contributed by atoms with Gasteiger partial charge in [0.2, 0.25) is 5.91 Å². The van der Waals surface area contributed by atoms with Crippen LogP contribution >= 0.6 is 15.9 Å². The Morgan fingerprint density at radius 2 is 2.00 bits per heavy atom. The van der Waals surface area contributed by atoms with Crippen molar-refractivity contribution in [2.75, 3.05) is 13.7 Å². The van der Waals surface area contributed by atoms with Crippen LogP contribution in [0.5, 0.6) is 5.75 Å². The van der Waals surface area contributed by atoms with Gasteiger partial charge in [0.1, 0.15) is 5.75 Å². The van der Waals surface area contributed by atoms with Crippen molar-refractivity contribution < 1.29 is 9.53 Å². The number of nitrogens with one attached hydrogen (secondary N) is 2. The Hall–Kier alpha value is -1.07. The van der Waals surface area contributed by atoms with Crippen molar-refractivity contribution in [3.8, 4) is 5.75 Å². The zero-order valence-corrected chi connectivity index (χ0v) is 15.1. The first-order chi connectivity index (χ1) is 9.73. The standard InChI is InChI=1S/C16H25BrN2O2/c1-11-8-13(17)9-12(10-19-16(2,3)4)15(11)21-7-6-14(20)18-5/h8-9,19H,6-7,10H2,1-5H3,(H,18,20). The average Bonchev–Trinajstić information content (AvgIpc) is 2.37. The minimum absolute atomic E-state index is 0.0147. The maximum absolute atomic E-state index is 11.3. The predicted molar refractivity (Wildman–Crippen MR) is 89.7 cm³/mol. The Bertz CT molecular complexity index is 496. The molecule has 1 aromatic rings. The van der Waals surface area contributed by atoms with Gasteiger partial charge >= 0.3 is 0 Å². The summed E-state index contributed by atoms with van der Waals surface area (Å²) in [7, 11) is 1.63. The fraction of sp³-hybridized carbons (Fsp3) is 0.562. The van der Waals surface area contributed by atoms with Gasteiger partial charge in [-0.05, 0) is 45.4 Å². The third-order valence-corrected chi connectivity index (χ3v) is 3.44. The largest absolute Gasteiger partial charge is 0.492 e. The molecule has 21 heavy (non-hydrogen) atoms. The fourth-order valence-corrected chi connectivity index (χ4v) is 2.49. The van der Waals surface area contributed by atoms with E-state index in [4.69, 9.17) is 4.74 Å². The van der Waals surface area contributed by atoms with Crippen LogP contribution in [0, 0.1) is 6.92 Å². The molecule has 0 fully saturated rings. The number of hydrogen-bond donors (Lipinski definition) is 2. The summed E-state index contributed by atoms with van der Waals surface area (Å²) in [5, 5.41) is 6.06. The number of amides is 1. The number of rotatable bonds is 6. The second kappa shape index (κ2) is 7.80. The third-order valence-electron chi connectivity index (χ3n) is 2.98. The lowest BCUT2D eigenvalue weighted by Crippen LogP contribution is -2.35. The lowest BCUT2D eigenvalue weighted by Gasteiger charge is -2.22. The smallest absolute Gasteiger partial charge is 0.223 e. The molecule has 0 atom stereocenters. The molecule has 0 saturated carbocycles. The van der Waals surface area contributed by atoms with Crippen LogP contribution in [0.2, 0.25) is 0 Å². The Kier molecular flexibility index (Phi) is 6.68. The van der Waals surface area contributed by atoms with Crippen molar-refractivity contribution in [2.24, 2.45) is 0 Å². The monoisotopic (exact) mass is 356 g/mol. The maximum Gasteiger partial charge on any atom is 0.223 e. The van der Waals surface area contributed by atoms with E-state index >= 15 is 0 Å². The first-order valence-electron chi connectivity index (χ1n) is 7.10. The highest BCUT2D eigenvalue weighted by Gasteiger charge is 2.14. The molecule has 1 rings (SSSR count). The van der Waals surface area contributed by atoms with Crippen molar-refractivity contribution in [3.63, 3.8) is 0 Å². The molecule has 118 valence electrons. The summed E-state index contributed by atoms with van der Waals surface area (Å²) >= 11 is 3.52. The van der Waals surface area contributed by atoms with Crippen LogP contribution in [0.3, 0.4) is 0 Å². The van der Waals surface area contributed by atoms with Crippen LogP contribution in [0.1, 0.15) is 38.3 Å². The van der Waals surface area contributed by atoms with Crippen LogP contribution < -0.4 is 15.4 Å². The summed E-state index contributed by atoms with van der Waals surface area (Å²) in [6.07, 6.45) is 0.359. The molecule has 0 radical (unpaired) electrons. The quantitative estimate of drug-likeness (QED) is 0.822. The van der Waals surface area contributed by atoms with Gasteiger partial charge in [-0.15, -0.1) is 0 Å². The molecule has 2 N–H and O–H groups in total. The second-order valence-corrected chi connectivity index (χ2v) is 7.00.